The summed E-state index contributed by atoms with van der Waals surface area (Å²) in [5.41, 5.74) is 2.47. The van der Waals surface area contributed by atoms with Crippen molar-refractivity contribution < 1.29 is 0 Å². The monoisotopic (exact) mass is 392 g/mol. The first kappa shape index (κ1) is 13.6. The number of rotatable bonds is 2. The molecule has 1 aromatic heterocycles. The lowest BCUT2D eigenvalue weighted by Gasteiger charge is -2.12. The van der Waals surface area contributed by atoms with Crippen LogP contribution in [-0.4, -0.2) is 0 Å². The van der Waals surface area contributed by atoms with Crippen LogP contribution in [0.15, 0.2) is 28.7 Å². The maximum Gasteiger partial charge on any atom is 0.0752 e. The van der Waals surface area contributed by atoms with Crippen LogP contribution in [0.4, 0.5) is 0 Å². The number of benzene rings is 1. The van der Waals surface area contributed by atoms with Crippen LogP contribution in [0, 0.1) is 13.8 Å². The van der Waals surface area contributed by atoms with Gasteiger partial charge in [-0.2, -0.15) is 0 Å². The van der Waals surface area contributed by atoms with Crippen molar-refractivity contribution in [3.05, 3.63) is 54.6 Å². The molecule has 0 N–H and O–H groups in total. The van der Waals surface area contributed by atoms with Crippen molar-refractivity contribution in [2.75, 3.05) is 0 Å². The number of thiophene rings is 1. The Hall–Kier alpha value is 0.170. The van der Waals surface area contributed by atoms with Crippen molar-refractivity contribution >= 4 is 54.8 Å². The van der Waals surface area contributed by atoms with E-state index in [4.69, 9.17) is 11.6 Å². The molecule has 0 aliphatic rings. The summed E-state index contributed by atoms with van der Waals surface area (Å²) < 4.78 is 1.16. The molecular formula is C13H11Br2ClS. The molecule has 0 amide bonds. The van der Waals surface area contributed by atoms with Crippen LogP contribution in [-0.2, 0) is 0 Å². The van der Waals surface area contributed by atoms with Crippen LogP contribution >= 0.6 is 54.8 Å². The molecule has 0 radical (unpaired) electrons. The molecule has 2 rings (SSSR count). The number of alkyl halides is 1. The second-order valence-electron chi connectivity index (χ2n) is 3.93. The number of halogens is 3. The highest BCUT2D eigenvalue weighted by Crippen LogP contribution is 2.41. The molecule has 1 atom stereocenters. The predicted octanol–water partition coefficient (Wildman–Crippen LogP) is 6.27. The van der Waals surface area contributed by atoms with E-state index in [0.29, 0.717) is 0 Å². The minimum atomic E-state index is 0.216. The van der Waals surface area contributed by atoms with Gasteiger partial charge < -0.3 is 0 Å². The Morgan fingerprint density at radius 3 is 2.47 bits per heavy atom. The van der Waals surface area contributed by atoms with Crippen LogP contribution in [0.3, 0.4) is 0 Å². The third-order valence-corrected chi connectivity index (χ3v) is 6.09. The van der Waals surface area contributed by atoms with E-state index in [-0.39, 0.29) is 4.83 Å². The summed E-state index contributed by atoms with van der Waals surface area (Å²) in [6.07, 6.45) is 0. The molecule has 0 aliphatic heterocycles. The van der Waals surface area contributed by atoms with E-state index in [1.54, 1.807) is 11.3 Å². The average Bonchev–Trinajstić information content (AvgIpc) is 2.57. The van der Waals surface area contributed by atoms with Crippen molar-refractivity contribution in [3.63, 3.8) is 0 Å². The fourth-order valence-electron chi connectivity index (χ4n) is 1.74. The molecule has 4 heteroatoms. The third kappa shape index (κ3) is 2.95. The Morgan fingerprint density at radius 2 is 1.94 bits per heavy atom. The minimum absolute atomic E-state index is 0.216. The van der Waals surface area contributed by atoms with Gasteiger partial charge in [-0.3, -0.25) is 0 Å². The second-order valence-corrected chi connectivity index (χ2v) is 7.43. The fraction of sp³-hybridized carbons (Fsp3) is 0.231. The van der Waals surface area contributed by atoms with Gasteiger partial charge in [0.25, 0.3) is 0 Å². The Morgan fingerprint density at radius 1 is 1.24 bits per heavy atom. The SMILES string of the molecule is Cc1cc(Br)c(C(Br)c2ccc(Cl)cc2C)s1. The van der Waals surface area contributed by atoms with Gasteiger partial charge in [-0.05, 0) is 59.1 Å². The molecule has 0 saturated carbocycles. The maximum atomic E-state index is 5.98. The lowest BCUT2D eigenvalue weighted by atomic mass is 10.1. The molecule has 2 aromatic rings. The van der Waals surface area contributed by atoms with Crippen molar-refractivity contribution in [1.82, 2.24) is 0 Å². The summed E-state index contributed by atoms with van der Waals surface area (Å²) in [7, 11) is 0. The first-order chi connectivity index (χ1) is 7.99. The van der Waals surface area contributed by atoms with Crippen LogP contribution in [0.1, 0.15) is 25.7 Å². The normalized spacial score (nSPS) is 12.8. The minimum Gasteiger partial charge on any atom is -0.143 e. The van der Waals surface area contributed by atoms with Gasteiger partial charge in [0.1, 0.15) is 0 Å². The zero-order chi connectivity index (χ0) is 12.6. The standard InChI is InChI=1S/C13H11Br2ClS/c1-7-5-9(16)3-4-10(7)12(15)13-11(14)6-8(2)17-13/h3-6,12H,1-2H3. The molecule has 0 bridgehead atoms. The zero-order valence-corrected chi connectivity index (χ0v) is 14.2. The first-order valence-electron chi connectivity index (χ1n) is 5.15. The van der Waals surface area contributed by atoms with Crippen LogP contribution in [0.25, 0.3) is 0 Å². The van der Waals surface area contributed by atoms with Crippen molar-refractivity contribution in [2.45, 2.75) is 18.7 Å². The van der Waals surface area contributed by atoms with Gasteiger partial charge in [0, 0.05) is 19.2 Å². The van der Waals surface area contributed by atoms with E-state index in [9.17, 15) is 0 Å². The van der Waals surface area contributed by atoms with Gasteiger partial charge >= 0.3 is 0 Å². The molecule has 0 fully saturated rings. The molecule has 0 aliphatic carbocycles. The summed E-state index contributed by atoms with van der Waals surface area (Å²) >= 11 is 15.2. The average molecular weight is 395 g/mol. The maximum absolute atomic E-state index is 5.98. The van der Waals surface area contributed by atoms with E-state index in [2.05, 4.69) is 57.8 Å². The summed E-state index contributed by atoms with van der Waals surface area (Å²) in [6, 6.07) is 8.17. The van der Waals surface area contributed by atoms with Crippen molar-refractivity contribution in [2.24, 2.45) is 0 Å². The first-order valence-corrected chi connectivity index (χ1v) is 8.05. The van der Waals surface area contributed by atoms with Gasteiger partial charge in [-0.1, -0.05) is 33.6 Å². The van der Waals surface area contributed by atoms with E-state index in [1.807, 2.05) is 12.1 Å². The van der Waals surface area contributed by atoms with Gasteiger partial charge in [0.15, 0.2) is 0 Å². The molecule has 90 valence electrons. The molecule has 17 heavy (non-hydrogen) atoms. The van der Waals surface area contributed by atoms with E-state index < -0.39 is 0 Å². The Kier molecular flexibility index (Phi) is 4.35. The number of hydrogen-bond donors (Lipinski definition) is 0. The molecule has 0 spiro atoms. The number of hydrogen-bond acceptors (Lipinski definition) is 1. The molecule has 0 saturated heterocycles. The van der Waals surface area contributed by atoms with Gasteiger partial charge in [-0.15, -0.1) is 11.3 Å². The lowest BCUT2D eigenvalue weighted by molar-refractivity contribution is 1.17. The topological polar surface area (TPSA) is 0 Å². The summed E-state index contributed by atoms with van der Waals surface area (Å²) in [5, 5.41) is 0.785. The lowest BCUT2D eigenvalue weighted by Crippen LogP contribution is -1.94. The third-order valence-electron chi connectivity index (χ3n) is 2.57. The van der Waals surface area contributed by atoms with Crippen LogP contribution in [0.5, 0.6) is 0 Å². The summed E-state index contributed by atoms with van der Waals surface area (Å²) in [5.74, 6) is 0. The highest BCUT2D eigenvalue weighted by molar-refractivity contribution is 9.11. The predicted molar refractivity (Wildman–Crippen MR) is 83.7 cm³/mol. The van der Waals surface area contributed by atoms with E-state index in [0.717, 1.165) is 9.50 Å². The second kappa shape index (κ2) is 5.43. The smallest absolute Gasteiger partial charge is 0.0752 e. The molecular weight excluding hydrogens is 383 g/mol. The zero-order valence-electron chi connectivity index (χ0n) is 9.43. The molecule has 0 nitrogen and oxygen atoms in total. The molecule has 1 heterocycles. The van der Waals surface area contributed by atoms with Gasteiger partial charge in [0.05, 0.1) is 4.83 Å². The van der Waals surface area contributed by atoms with Crippen LogP contribution < -0.4 is 0 Å². The highest BCUT2D eigenvalue weighted by Gasteiger charge is 2.18. The fourth-order valence-corrected chi connectivity index (χ4v) is 5.19. The molecule has 1 unspecified atom stereocenters. The Labute approximate surface area is 127 Å². The van der Waals surface area contributed by atoms with Gasteiger partial charge in [0.2, 0.25) is 0 Å². The van der Waals surface area contributed by atoms with Gasteiger partial charge in [-0.25, -0.2) is 0 Å². The van der Waals surface area contributed by atoms with Crippen LogP contribution in [0.2, 0.25) is 5.02 Å². The summed E-state index contributed by atoms with van der Waals surface area (Å²) in [6.45, 7) is 4.21. The van der Waals surface area contributed by atoms with Crippen molar-refractivity contribution in [1.29, 1.82) is 0 Å². The summed E-state index contributed by atoms with van der Waals surface area (Å²) in [4.78, 5) is 2.82. The molecule has 1 aromatic carbocycles. The Bertz CT molecular complexity index is 548. The van der Waals surface area contributed by atoms with E-state index in [1.165, 1.54) is 20.9 Å². The van der Waals surface area contributed by atoms with E-state index >= 15 is 0 Å². The van der Waals surface area contributed by atoms with Crippen molar-refractivity contribution in [3.8, 4) is 0 Å². The number of aryl methyl sites for hydroxylation is 2. The highest BCUT2D eigenvalue weighted by atomic mass is 79.9. The quantitative estimate of drug-likeness (QED) is 0.527. The largest absolute Gasteiger partial charge is 0.143 e. The Balaban J connectivity index is 2.43.